The number of para-hydroxylation sites is 1. The SMILES string of the molecule is c1ccc2c(c1)CNC(C1CC1)CN2CC1CCCC1. The molecule has 1 unspecified atom stereocenters. The van der Waals surface area contributed by atoms with E-state index in [2.05, 4.69) is 34.5 Å². The number of rotatable bonds is 3. The Kier molecular flexibility index (Phi) is 3.43. The minimum absolute atomic E-state index is 0.712. The molecule has 108 valence electrons. The molecule has 1 N–H and O–H groups in total. The molecule has 0 aromatic heterocycles. The highest BCUT2D eigenvalue weighted by Gasteiger charge is 2.34. The maximum absolute atomic E-state index is 3.81. The molecule has 1 heterocycles. The molecule has 1 aromatic carbocycles. The zero-order valence-electron chi connectivity index (χ0n) is 12.4. The lowest BCUT2D eigenvalue weighted by molar-refractivity contribution is 0.448. The summed E-state index contributed by atoms with van der Waals surface area (Å²) < 4.78 is 0. The first-order valence-electron chi connectivity index (χ1n) is 8.46. The molecule has 0 saturated heterocycles. The van der Waals surface area contributed by atoms with Crippen LogP contribution in [-0.2, 0) is 6.54 Å². The van der Waals surface area contributed by atoms with E-state index in [4.69, 9.17) is 0 Å². The smallest absolute Gasteiger partial charge is 0.0412 e. The van der Waals surface area contributed by atoms with Crippen molar-refractivity contribution in [3.05, 3.63) is 29.8 Å². The van der Waals surface area contributed by atoms with Gasteiger partial charge in [0.05, 0.1) is 0 Å². The largest absolute Gasteiger partial charge is 0.369 e. The van der Waals surface area contributed by atoms with Gasteiger partial charge in [-0.25, -0.2) is 0 Å². The number of hydrogen-bond donors (Lipinski definition) is 1. The van der Waals surface area contributed by atoms with Crippen molar-refractivity contribution in [2.24, 2.45) is 11.8 Å². The quantitative estimate of drug-likeness (QED) is 0.903. The first kappa shape index (κ1) is 12.7. The summed E-state index contributed by atoms with van der Waals surface area (Å²) in [5.41, 5.74) is 2.99. The van der Waals surface area contributed by atoms with Gasteiger partial charge in [-0.3, -0.25) is 0 Å². The standard InChI is InChI=1S/C18H26N2/c1-2-6-14(5-1)12-20-13-17(15-9-10-15)19-11-16-7-3-4-8-18(16)20/h3-4,7-8,14-15,17,19H,1-2,5-6,9-13H2. The molecule has 0 radical (unpaired) electrons. The Morgan fingerprint density at radius 3 is 2.65 bits per heavy atom. The third kappa shape index (κ3) is 2.58. The maximum Gasteiger partial charge on any atom is 0.0412 e. The number of nitrogens with one attached hydrogen (secondary N) is 1. The fourth-order valence-corrected chi connectivity index (χ4v) is 4.10. The van der Waals surface area contributed by atoms with E-state index in [-0.39, 0.29) is 0 Å². The first-order valence-corrected chi connectivity index (χ1v) is 8.46. The van der Waals surface area contributed by atoms with Gasteiger partial charge in [0.15, 0.2) is 0 Å². The van der Waals surface area contributed by atoms with Gasteiger partial charge in [0.25, 0.3) is 0 Å². The first-order chi connectivity index (χ1) is 9.90. The molecule has 2 fully saturated rings. The lowest BCUT2D eigenvalue weighted by Gasteiger charge is -2.30. The van der Waals surface area contributed by atoms with E-state index in [9.17, 15) is 0 Å². The van der Waals surface area contributed by atoms with Crippen LogP contribution in [0.4, 0.5) is 5.69 Å². The molecule has 0 bridgehead atoms. The van der Waals surface area contributed by atoms with Crippen molar-refractivity contribution in [1.82, 2.24) is 5.32 Å². The van der Waals surface area contributed by atoms with E-state index >= 15 is 0 Å². The van der Waals surface area contributed by atoms with Crippen LogP contribution in [0, 0.1) is 11.8 Å². The van der Waals surface area contributed by atoms with Gasteiger partial charge in [-0.15, -0.1) is 0 Å². The third-order valence-electron chi connectivity index (χ3n) is 5.45. The van der Waals surface area contributed by atoms with Gasteiger partial charge in [-0.2, -0.15) is 0 Å². The molecule has 0 amide bonds. The molecule has 2 saturated carbocycles. The zero-order valence-corrected chi connectivity index (χ0v) is 12.4. The minimum Gasteiger partial charge on any atom is -0.369 e. The van der Waals surface area contributed by atoms with Gasteiger partial charge < -0.3 is 10.2 Å². The van der Waals surface area contributed by atoms with Gasteiger partial charge in [-0.05, 0) is 49.1 Å². The predicted molar refractivity (Wildman–Crippen MR) is 84.0 cm³/mol. The fraction of sp³-hybridized carbons (Fsp3) is 0.667. The molecule has 2 heteroatoms. The van der Waals surface area contributed by atoms with Crippen LogP contribution in [0.5, 0.6) is 0 Å². The van der Waals surface area contributed by atoms with Gasteiger partial charge in [-0.1, -0.05) is 31.0 Å². The van der Waals surface area contributed by atoms with Crippen LogP contribution in [0.15, 0.2) is 24.3 Å². The summed E-state index contributed by atoms with van der Waals surface area (Å²) in [6.45, 7) is 3.55. The van der Waals surface area contributed by atoms with Crippen molar-refractivity contribution in [3.63, 3.8) is 0 Å². The van der Waals surface area contributed by atoms with E-state index < -0.39 is 0 Å². The van der Waals surface area contributed by atoms with Crippen molar-refractivity contribution in [2.75, 3.05) is 18.0 Å². The number of anilines is 1. The molecule has 1 aliphatic heterocycles. The van der Waals surface area contributed by atoms with Gasteiger partial charge in [0.2, 0.25) is 0 Å². The Morgan fingerprint density at radius 2 is 1.85 bits per heavy atom. The van der Waals surface area contributed by atoms with Crippen molar-refractivity contribution in [2.45, 2.75) is 51.1 Å². The fourth-order valence-electron chi connectivity index (χ4n) is 4.10. The van der Waals surface area contributed by atoms with Crippen LogP contribution < -0.4 is 10.2 Å². The molecule has 1 atom stereocenters. The van der Waals surface area contributed by atoms with Crippen LogP contribution in [0.25, 0.3) is 0 Å². The summed E-state index contributed by atoms with van der Waals surface area (Å²) in [6, 6.07) is 9.74. The summed E-state index contributed by atoms with van der Waals surface area (Å²) in [4.78, 5) is 2.70. The topological polar surface area (TPSA) is 15.3 Å². The number of hydrogen-bond acceptors (Lipinski definition) is 2. The van der Waals surface area contributed by atoms with Gasteiger partial charge in [0.1, 0.15) is 0 Å². The second-order valence-electron chi connectivity index (χ2n) is 7.01. The van der Waals surface area contributed by atoms with Gasteiger partial charge in [0, 0.05) is 31.4 Å². The second-order valence-corrected chi connectivity index (χ2v) is 7.01. The Bertz CT molecular complexity index is 460. The summed E-state index contributed by atoms with van der Waals surface area (Å²) in [5, 5.41) is 3.81. The van der Waals surface area contributed by atoms with E-state index in [1.165, 1.54) is 62.9 Å². The van der Waals surface area contributed by atoms with E-state index in [1.54, 1.807) is 0 Å². The lowest BCUT2D eigenvalue weighted by atomic mass is 10.1. The lowest BCUT2D eigenvalue weighted by Crippen LogP contribution is -2.41. The third-order valence-corrected chi connectivity index (χ3v) is 5.45. The molecule has 0 spiro atoms. The Labute approximate surface area is 122 Å². The minimum atomic E-state index is 0.712. The molecule has 2 aliphatic carbocycles. The summed E-state index contributed by atoms with van der Waals surface area (Å²) in [6.07, 6.45) is 8.66. The Hall–Kier alpha value is -1.02. The molecule has 1 aromatic rings. The summed E-state index contributed by atoms with van der Waals surface area (Å²) >= 11 is 0. The van der Waals surface area contributed by atoms with Crippen LogP contribution in [0.1, 0.15) is 44.1 Å². The summed E-state index contributed by atoms with van der Waals surface area (Å²) in [5.74, 6) is 1.87. The highest BCUT2D eigenvalue weighted by molar-refractivity contribution is 5.54. The summed E-state index contributed by atoms with van der Waals surface area (Å²) in [7, 11) is 0. The number of benzene rings is 1. The van der Waals surface area contributed by atoms with Crippen LogP contribution in [-0.4, -0.2) is 19.1 Å². The van der Waals surface area contributed by atoms with Crippen molar-refractivity contribution in [1.29, 1.82) is 0 Å². The average Bonchev–Trinajstić information content (AvgIpc) is 3.22. The van der Waals surface area contributed by atoms with Crippen LogP contribution >= 0.6 is 0 Å². The highest BCUT2D eigenvalue weighted by Crippen LogP contribution is 2.36. The molecule has 2 nitrogen and oxygen atoms in total. The van der Waals surface area contributed by atoms with Crippen molar-refractivity contribution >= 4 is 5.69 Å². The molecular weight excluding hydrogens is 244 g/mol. The van der Waals surface area contributed by atoms with Gasteiger partial charge >= 0.3 is 0 Å². The highest BCUT2D eigenvalue weighted by atomic mass is 15.2. The second kappa shape index (κ2) is 5.40. The van der Waals surface area contributed by atoms with Crippen molar-refractivity contribution in [3.8, 4) is 0 Å². The molecule has 4 rings (SSSR count). The van der Waals surface area contributed by atoms with Crippen molar-refractivity contribution < 1.29 is 0 Å². The molecular formula is C18H26N2. The molecule has 3 aliphatic rings. The molecule has 20 heavy (non-hydrogen) atoms. The average molecular weight is 270 g/mol. The normalized spacial score (nSPS) is 27.4. The Morgan fingerprint density at radius 1 is 1.05 bits per heavy atom. The number of fused-ring (bicyclic) bond motifs is 1. The van der Waals surface area contributed by atoms with E-state index in [0.29, 0.717) is 6.04 Å². The predicted octanol–water partition coefficient (Wildman–Crippen LogP) is 3.57. The zero-order chi connectivity index (χ0) is 13.4. The van der Waals surface area contributed by atoms with Crippen LogP contribution in [0.2, 0.25) is 0 Å². The van der Waals surface area contributed by atoms with E-state index in [0.717, 1.165) is 18.4 Å². The van der Waals surface area contributed by atoms with E-state index in [1.807, 2.05) is 0 Å². The maximum atomic E-state index is 3.81. The van der Waals surface area contributed by atoms with Crippen LogP contribution in [0.3, 0.4) is 0 Å². The monoisotopic (exact) mass is 270 g/mol. The number of nitrogens with zero attached hydrogens (tertiary/aromatic N) is 1. The Balaban J connectivity index is 1.57.